The molecule has 1 amide bonds. The summed E-state index contributed by atoms with van der Waals surface area (Å²) < 4.78 is 26.3. The van der Waals surface area contributed by atoms with Crippen LogP contribution < -0.4 is 10.6 Å². The van der Waals surface area contributed by atoms with Crippen LogP contribution in [0.5, 0.6) is 0 Å². The van der Waals surface area contributed by atoms with Crippen LogP contribution in [0.25, 0.3) is 10.9 Å². The van der Waals surface area contributed by atoms with E-state index >= 15 is 0 Å². The molecule has 2 heterocycles. The SMILES string of the molecule is O=C(Nc1ccc(F)c(F)c1)c1ccnc(NCCc2c[nH]c3ccccc23)c1. The molecule has 7 heteroatoms. The number of hydrogen-bond donors (Lipinski definition) is 3. The van der Waals surface area contributed by atoms with Gasteiger partial charge in [0.15, 0.2) is 11.6 Å². The molecule has 4 aromatic rings. The highest BCUT2D eigenvalue weighted by Crippen LogP contribution is 2.19. The molecular formula is C22H18F2N4O. The predicted molar refractivity (Wildman–Crippen MR) is 109 cm³/mol. The number of halogens is 2. The summed E-state index contributed by atoms with van der Waals surface area (Å²) in [6.07, 6.45) is 4.30. The second-order valence-corrected chi connectivity index (χ2v) is 6.55. The first-order chi connectivity index (χ1) is 14.1. The summed E-state index contributed by atoms with van der Waals surface area (Å²) in [5.41, 5.74) is 2.83. The summed E-state index contributed by atoms with van der Waals surface area (Å²) in [6.45, 7) is 0.642. The fraction of sp³-hybridized carbons (Fsp3) is 0.0909. The molecule has 0 aliphatic carbocycles. The molecule has 0 fully saturated rings. The molecule has 0 unspecified atom stereocenters. The number of aromatic amines is 1. The van der Waals surface area contributed by atoms with Gasteiger partial charge in [-0.15, -0.1) is 0 Å². The molecule has 0 aliphatic rings. The second-order valence-electron chi connectivity index (χ2n) is 6.55. The molecule has 29 heavy (non-hydrogen) atoms. The van der Waals surface area contributed by atoms with E-state index in [4.69, 9.17) is 0 Å². The standard InChI is InChI=1S/C22H18F2N4O/c23-18-6-5-16(12-19(18)24)28-22(29)14-7-9-25-21(11-14)26-10-8-15-13-27-20-4-2-1-3-17(15)20/h1-7,9,11-13,27H,8,10H2,(H,25,26)(H,28,29). The molecule has 4 rings (SSSR count). The first-order valence-electron chi connectivity index (χ1n) is 9.11. The molecule has 0 radical (unpaired) electrons. The molecule has 5 nitrogen and oxygen atoms in total. The monoisotopic (exact) mass is 392 g/mol. The van der Waals surface area contributed by atoms with Gasteiger partial charge in [-0.3, -0.25) is 4.79 Å². The quantitative estimate of drug-likeness (QED) is 0.444. The van der Waals surface area contributed by atoms with Gasteiger partial charge >= 0.3 is 0 Å². The Balaban J connectivity index is 1.39. The van der Waals surface area contributed by atoms with E-state index in [1.807, 2.05) is 24.4 Å². The fourth-order valence-electron chi connectivity index (χ4n) is 3.11. The Bertz CT molecular complexity index is 1170. The van der Waals surface area contributed by atoms with Crippen molar-refractivity contribution in [2.45, 2.75) is 6.42 Å². The van der Waals surface area contributed by atoms with Crippen molar-refractivity contribution in [1.29, 1.82) is 0 Å². The number of hydrogen-bond acceptors (Lipinski definition) is 3. The zero-order chi connectivity index (χ0) is 20.2. The first kappa shape index (κ1) is 18.6. The number of nitrogens with one attached hydrogen (secondary N) is 3. The molecule has 2 aromatic heterocycles. The number of aromatic nitrogens is 2. The zero-order valence-electron chi connectivity index (χ0n) is 15.4. The minimum absolute atomic E-state index is 0.180. The van der Waals surface area contributed by atoms with Crippen LogP contribution in [0, 0.1) is 11.6 Å². The van der Waals surface area contributed by atoms with E-state index in [-0.39, 0.29) is 5.69 Å². The van der Waals surface area contributed by atoms with Gasteiger partial charge in [-0.2, -0.15) is 0 Å². The molecule has 2 aromatic carbocycles. The van der Waals surface area contributed by atoms with Crippen LogP contribution in [0.1, 0.15) is 15.9 Å². The van der Waals surface area contributed by atoms with Gasteiger partial charge < -0.3 is 15.6 Å². The Morgan fingerprint density at radius 2 is 1.90 bits per heavy atom. The summed E-state index contributed by atoms with van der Waals surface area (Å²) in [5, 5.41) is 6.94. The van der Waals surface area contributed by atoms with Crippen LogP contribution in [0.3, 0.4) is 0 Å². The Hall–Kier alpha value is -3.74. The number of H-pyrrole nitrogens is 1. The van der Waals surface area contributed by atoms with Crippen LogP contribution in [0.15, 0.2) is 67.0 Å². The normalized spacial score (nSPS) is 10.8. The highest BCUT2D eigenvalue weighted by molar-refractivity contribution is 6.04. The second kappa shape index (κ2) is 8.10. The number of amides is 1. The van der Waals surface area contributed by atoms with Gasteiger partial charge in [0.25, 0.3) is 5.91 Å². The van der Waals surface area contributed by atoms with Gasteiger partial charge in [0.1, 0.15) is 5.82 Å². The molecule has 0 aliphatic heterocycles. The number of para-hydroxylation sites is 1. The average Bonchev–Trinajstić information content (AvgIpc) is 3.14. The summed E-state index contributed by atoms with van der Waals surface area (Å²) in [5.74, 6) is -1.85. The maximum Gasteiger partial charge on any atom is 0.255 e. The number of carbonyl (C=O) groups is 1. The maximum absolute atomic E-state index is 13.3. The maximum atomic E-state index is 13.3. The van der Waals surface area contributed by atoms with Crippen molar-refractivity contribution in [1.82, 2.24) is 9.97 Å². The van der Waals surface area contributed by atoms with Gasteiger partial charge in [-0.1, -0.05) is 18.2 Å². The van der Waals surface area contributed by atoms with Crippen molar-refractivity contribution in [2.24, 2.45) is 0 Å². The topological polar surface area (TPSA) is 69.8 Å². The Morgan fingerprint density at radius 3 is 2.76 bits per heavy atom. The zero-order valence-corrected chi connectivity index (χ0v) is 15.4. The molecule has 0 saturated carbocycles. The molecule has 0 saturated heterocycles. The minimum Gasteiger partial charge on any atom is -0.370 e. The summed E-state index contributed by atoms with van der Waals surface area (Å²) >= 11 is 0. The van der Waals surface area contributed by atoms with E-state index in [2.05, 4.69) is 26.7 Å². The summed E-state index contributed by atoms with van der Waals surface area (Å²) in [4.78, 5) is 19.9. The number of pyridine rings is 1. The minimum atomic E-state index is -1.02. The van der Waals surface area contributed by atoms with Crippen LogP contribution >= 0.6 is 0 Å². The largest absolute Gasteiger partial charge is 0.370 e. The Morgan fingerprint density at radius 1 is 1.03 bits per heavy atom. The van der Waals surface area contributed by atoms with Crippen molar-refractivity contribution in [2.75, 3.05) is 17.2 Å². The van der Waals surface area contributed by atoms with Gasteiger partial charge in [-0.05, 0) is 42.3 Å². The summed E-state index contributed by atoms with van der Waals surface area (Å²) in [7, 11) is 0. The molecule has 0 bridgehead atoms. The van der Waals surface area contributed by atoms with Crippen molar-refractivity contribution < 1.29 is 13.6 Å². The van der Waals surface area contributed by atoms with Crippen LogP contribution in [-0.4, -0.2) is 22.4 Å². The Kier molecular flexibility index (Phi) is 5.20. The lowest BCUT2D eigenvalue weighted by Gasteiger charge is -2.08. The lowest BCUT2D eigenvalue weighted by atomic mass is 10.1. The molecule has 0 spiro atoms. The number of rotatable bonds is 6. The van der Waals surface area contributed by atoms with E-state index in [1.165, 1.54) is 23.2 Å². The third kappa shape index (κ3) is 4.24. The lowest BCUT2D eigenvalue weighted by molar-refractivity contribution is 0.102. The average molecular weight is 392 g/mol. The third-order valence-corrected chi connectivity index (χ3v) is 4.57. The van der Waals surface area contributed by atoms with E-state index < -0.39 is 17.5 Å². The van der Waals surface area contributed by atoms with E-state index in [1.54, 1.807) is 12.1 Å². The highest BCUT2D eigenvalue weighted by atomic mass is 19.2. The Labute approximate surface area is 165 Å². The van der Waals surface area contributed by atoms with Crippen molar-refractivity contribution in [3.8, 4) is 0 Å². The molecular weight excluding hydrogens is 374 g/mol. The number of fused-ring (bicyclic) bond motifs is 1. The first-order valence-corrected chi connectivity index (χ1v) is 9.11. The van der Waals surface area contributed by atoms with Gasteiger partial charge in [0.05, 0.1) is 0 Å². The fourth-order valence-corrected chi connectivity index (χ4v) is 3.11. The van der Waals surface area contributed by atoms with Gasteiger partial charge in [0, 0.05) is 47.2 Å². The van der Waals surface area contributed by atoms with E-state index in [0.29, 0.717) is 17.9 Å². The van der Waals surface area contributed by atoms with Crippen LogP contribution in [0.2, 0.25) is 0 Å². The number of carbonyl (C=O) groups excluding carboxylic acids is 1. The molecule has 146 valence electrons. The van der Waals surface area contributed by atoms with E-state index in [9.17, 15) is 13.6 Å². The van der Waals surface area contributed by atoms with E-state index in [0.717, 1.165) is 24.1 Å². The number of benzene rings is 2. The summed E-state index contributed by atoms with van der Waals surface area (Å²) in [6, 6.07) is 14.5. The number of nitrogens with zero attached hydrogens (tertiary/aromatic N) is 1. The third-order valence-electron chi connectivity index (χ3n) is 4.57. The van der Waals surface area contributed by atoms with Crippen LogP contribution in [0.4, 0.5) is 20.3 Å². The molecule has 0 atom stereocenters. The van der Waals surface area contributed by atoms with Gasteiger partial charge in [-0.25, -0.2) is 13.8 Å². The van der Waals surface area contributed by atoms with Crippen molar-refractivity contribution in [3.63, 3.8) is 0 Å². The lowest BCUT2D eigenvalue weighted by Crippen LogP contribution is -2.13. The van der Waals surface area contributed by atoms with Crippen molar-refractivity contribution in [3.05, 3.63) is 89.8 Å². The van der Waals surface area contributed by atoms with Gasteiger partial charge in [0.2, 0.25) is 0 Å². The number of anilines is 2. The highest BCUT2D eigenvalue weighted by Gasteiger charge is 2.10. The molecule has 3 N–H and O–H groups in total. The van der Waals surface area contributed by atoms with Crippen molar-refractivity contribution >= 4 is 28.3 Å². The predicted octanol–water partition coefficient (Wildman–Crippen LogP) is 4.75. The van der Waals surface area contributed by atoms with Crippen LogP contribution in [-0.2, 0) is 6.42 Å². The smallest absolute Gasteiger partial charge is 0.255 e.